The molecule has 0 spiro atoms. The minimum Gasteiger partial charge on any atom is -0.497 e. The van der Waals surface area contributed by atoms with Crippen LogP contribution in [0.25, 0.3) is 6.08 Å². The van der Waals surface area contributed by atoms with Crippen LogP contribution in [0, 0.1) is 0 Å². The van der Waals surface area contributed by atoms with E-state index in [0.29, 0.717) is 0 Å². The van der Waals surface area contributed by atoms with E-state index in [1.54, 1.807) is 7.11 Å². The number of ether oxygens (including phenoxy) is 1. The van der Waals surface area contributed by atoms with Gasteiger partial charge in [0.1, 0.15) is 5.75 Å². The Morgan fingerprint density at radius 3 is 3.00 bits per heavy atom. The number of hydrogen-bond donors (Lipinski definition) is 1. The van der Waals surface area contributed by atoms with E-state index < -0.39 is 5.97 Å². The molecule has 1 aromatic carbocycles. The monoisotopic (exact) mass is 204 g/mol. The van der Waals surface area contributed by atoms with Gasteiger partial charge in [0.05, 0.1) is 13.5 Å². The van der Waals surface area contributed by atoms with Crippen molar-refractivity contribution in [3.63, 3.8) is 0 Å². The predicted molar refractivity (Wildman–Crippen MR) is 57.0 cm³/mol. The summed E-state index contributed by atoms with van der Waals surface area (Å²) in [6, 6.07) is 5.72. The van der Waals surface area contributed by atoms with Crippen LogP contribution in [0.1, 0.15) is 23.5 Å². The Kier molecular flexibility index (Phi) is 2.46. The number of allylic oxidation sites excluding steroid dienone is 1. The summed E-state index contributed by atoms with van der Waals surface area (Å²) >= 11 is 0. The summed E-state index contributed by atoms with van der Waals surface area (Å²) in [6.07, 6.45) is 4.03. The van der Waals surface area contributed by atoms with E-state index in [1.165, 1.54) is 0 Å². The van der Waals surface area contributed by atoms with Crippen molar-refractivity contribution in [3.05, 3.63) is 35.4 Å². The second-order valence-electron chi connectivity index (χ2n) is 3.56. The normalized spacial score (nSPS) is 17.5. The van der Waals surface area contributed by atoms with Crippen molar-refractivity contribution in [3.8, 4) is 5.75 Å². The standard InChI is InChI=1S/C12H12O3/c1-15-10-4-5-11-8(6-10)2-3-9(11)7-12(13)14/h2-6,9H,7H2,1H3,(H,13,14). The smallest absolute Gasteiger partial charge is 0.304 e. The number of carboxylic acid groups (broad SMARTS) is 1. The van der Waals surface area contributed by atoms with E-state index in [1.807, 2.05) is 30.4 Å². The van der Waals surface area contributed by atoms with E-state index in [2.05, 4.69) is 0 Å². The third-order valence-electron chi connectivity index (χ3n) is 2.60. The van der Waals surface area contributed by atoms with Crippen molar-refractivity contribution in [2.24, 2.45) is 0 Å². The summed E-state index contributed by atoms with van der Waals surface area (Å²) in [5.41, 5.74) is 2.12. The fourth-order valence-corrected chi connectivity index (χ4v) is 1.85. The van der Waals surface area contributed by atoms with Crippen molar-refractivity contribution in [2.45, 2.75) is 12.3 Å². The summed E-state index contributed by atoms with van der Waals surface area (Å²) in [6.45, 7) is 0. The lowest BCUT2D eigenvalue weighted by Crippen LogP contribution is -2.02. The number of benzene rings is 1. The van der Waals surface area contributed by atoms with Crippen LogP contribution in [-0.4, -0.2) is 18.2 Å². The predicted octanol–water partition coefficient (Wildman–Crippen LogP) is 2.28. The first-order valence-corrected chi connectivity index (χ1v) is 4.78. The Labute approximate surface area is 88.0 Å². The first-order valence-electron chi connectivity index (χ1n) is 4.78. The average Bonchev–Trinajstić information content (AvgIpc) is 2.60. The molecule has 3 nitrogen and oxygen atoms in total. The molecule has 0 bridgehead atoms. The van der Waals surface area contributed by atoms with Crippen LogP contribution in [0.15, 0.2) is 24.3 Å². The maximum atomic E-state index is 10.6. The lowest BCUT2D eigenvalue weighted by atomic mass is 9.97. The van der Waals surface area contributed by atoms with Crippen LogP contribution >= 0.6 is 0 Å². The molecule has 0 aromatic heterocycles. The Hall–Kier alpha value is -1.77. The van der Waals surface area contributed by atoms with E-state index >= 15 is 0 Å². The minimum absolute atomic E-state index is 0.00315. The molecular formula is C12H12O3. The molecule has 0 saturated carbocycles. The number of carbonyl (C=O) groups is 1. The highest BCUT2D eigenvalue weighted by molar-refractivity contribution is 5.72. The van der Waals surface area contributed by atoms with Crippen molar-refractivity contribution in [1.82, 2.24) is 0 Å². The third-order valence-corrected chi connectivity index (χ3v) is 2.60. The molecule has 1 unspecified atom stereocenters. The fourth-order valence-electron chi connectivity index (χ4n) is 1.85. The van der Waals surface area contributed by atoms with Gasteiger partial charge in [-0.25, -0.2) is 0 Å². The van der Waals surface area contributed by atoms with Gasteiger partial charge in [-0.15, -0.1) is 0 Å². The Balaban J connectivity index is 2.28. The molecule has 0 saturated heterocycles. The van der Waals surface area contributed by atoms with Gasteiger partial charge in [-0.1, -0.05) is 18.2 Å². The molecule has 0 aliphatic heterocycles. The van der Waals surface area contributed by atoms with E-state index in [4.69, 9.17) is 9.84 Å². The van der Waals surface area contributed by atoms with Gasteiger partial charge >= 0.3 is 5.97 Å². The summed E-state index contributed by atoms with van der Waals surface area (Å²) in [7, 11) is 1.62. The van der Waals surface area contributed by atoms with Crippen LogP contribution in [0.5, 0.6) is 5.75 Å². The first kappa shape index (κ1) is 9.77. The van der Waals surface area contributed by atoms with Crippen molar-refractivity contribution in [1.29, 1.82) is 0 Å². The molecule has 1 aromatic rings. The first-order chi connectivity index (χ1) is 7.20. The third kappa shape index (κ3) is 1.86. The zero-order valence-corrected chi connectivity index (χ0v) is 8.43. The van der Waals surface area contributed by atoms with Gasteiger partial charge in [0.25, 0.3) is 0 Å². The van der Waals surface area contributed by atoms with E-state index in [0.717, 1.165) is 16.9 Å². The molecule has 0 heterocycles. The van der Waals surface area contributed by atoms with Crippen molar-refractivity contribution < 1.29 is 14.6 Å². The zero-order valence-electron chi connectivity index (χ0n) is 8.43. The topological polar surface area (TPSA) is 46.5 Å². The largest absolute Gasteiger partial charge is 0.497 e. The summed E-state index contributed by atoms with van der Waals surface area (Å²) in [4.78, 5) is 10.6. The minimum atomic E-state index is -0.770. The molecule has 15 heavy (non-hydrogen) atoms. The van der Waals surface area contributed by atoms with E-state index in [-0.39, 0.29) is 12.3 Å². The number of aliphatic carboxylic acids is 1. The van der Waals surface area contributed by atoms with Gasteiger partial charge < -0.3 is 9.84 Å². The van der Waals surface area contributed by atoms with Gasteiger partial charge in [0, 0.05) is 5.92 Å². The molecule has 3 heteroatoms. The number of hydrogen-bond acceptors (Lipinski definition) is 2. The number of carboxylic acids is 1. The number of fused-ring (bicyclic) bond motifs is 1. The SMILES string of the molecule is COc1ccc2c(c1)C=CC2CC(=O)O. The maximum Gasteiger partial charge on any atom is 0.304 e. The summed E-state index contributed by atoms with van der Waals surface area (Å²) in [5.74, 6) is 0.0334. The summed E-state index contributed by atoms with van der Waals surface area (Å²) in [5, 5.41) is 8.74. The molecule has 2 rings (SSSR count). The Morgan fingerprint density at radius 1 is 1.53 bits per heavy atom. The lowest BCUT2D eigenvalue weighted by Gasteiger charge is -2.09. The van der Waals surface area contributed by atoms with E-state index in [9.17, 15) is 4.79 Å². The molecule has 0 amide bonds. The van der Waals surface area contributed by atoms with Gasteiger partial charge in [-0.2, -0.15) is 0 Å². The summed E-state index contributed by atoms with van der Waals surface area (Å²) < 4.78 is 5.11. The van der Waals surface area contributed by atoms with Crippen molar-refractivity contribution in [2.75, 3.05) is 7.11 Å². The van der Waals surface area contributed by atoms with Gasteiger partial charge in [-0.05, 0) is 23.3 Å². The molecule has 78 valence electrons. The van der Waals surface area contributed by atoms with Gasteiger partial charge in [0.2, 0.25) is 0 Å². The number of rotatable bonds is 3. The maximum absolute atomic E-state index is 10.6. The Bertz CT molecular complexity index is 421. The Morgan fingerprint density at radius 2 is 2.33 bits per heavy atom. The molecule has 1 aliphatic rings. The molecule has 1 atom stereocenters. The second-order valence-corrected chi connectivity index (χ2v) is 3.56. The van der Waals surface area contributed by atoms with Crippen LogP contribution in [0.2, 0.25) is 0 Å². The number of methoxy groups -OCH3 is 1. The van der Waals surface area contributed by atoms with Crippen LogP contribution < -0.4 is 4.74 Å². The molecule has 1 N–H and O–H groups in total. The fraction of sp³-hybridized carbons (Fsp3) is 0.250. The van der Waals surface area contributed by atoms with Gasteiger partial charge in [0.15, 0.2) is 0 Å². The quantitative estimate of drug-likeness (QED) is 0.821. The lowest BCUT2D eigenvalue weighted by molar-refractivity contribution is -0.137. The second kappa shape index (κ2) is 3.77. The highest BCUT2D eigenvalue weighted by Gasteiger charge is 2.19. The molecule has 0 radical (unpaired) electrons. The molecular weight excluding hydrogens is 192 g/mol. The highest BCUT2D eigenvalue weighted by Crippen LogP contribution is 2.34. The van der Waals surface area contributed by atoms with Crippen LogP contribution in [0.4, 0.5) is 0 Å². The average molecular weight is 204 g/mol. The van der Waals surface area contributed by atoms with Gasteiger partial charge in [-0.3, -0.25) is 4.79 Å². The molecule has 1 aliphatic carbocycles. The van der Waals surface area contributed by atoms with Crippen LogP contribution in [-0.2, 0) is 4.79 Å². The van der Waals surface area contributed by atoms with Crippen LogP contribution in [0.3, 0.4) is 0 Å². The zero-order chi connectivity index (χ0) is 10.8. The molecule has 0 fully saturated rings. The highest BCUT2D eigenvalue weighted by atomic mass is 16.5. The van der Waals surface area contributed by atoms with Crippen molar-refractivity contribution >= 4 is 12.0 Å².